The fraction of sp³-hybridized carbons (Fsp3) is 0.600. The van der Waals surface area contributed by atoms with Crippen molar-refractivity contribution in [2.75, 3.05) is 47.6 Å². The number of likely N-dealkylation sites (N-methyl/N-ethyl adjacent to an activating group) is 1. The normalized spacial score (nSPS) is 12.5. The van der Waals surface area contributed by atoms with Gasteiger partial charge in [0.2, 0.25) is 0 Å². The van der Waals surface area contributed by atoms with Crippen molar-refractivity contribution in [2.45, 2.75) is 13.0 Å². The monoisotopic (exact) mass is 283 g/mol. The SMILES string of the molecule is CCN(CCOC)CC(O)c1cc(OC)ccc1OC. The van der Waals surface area contributed by atoms with E-state index in [1.807, 2.05) is 18.2 Å². The van der Waals surface area contributed by atoms with E-state index >= 15 is 0 Å². The second-order valence-electron chi connectivity index (χ2n) is 4.51. The molecule has 5 nitrogen and oxygen atoms in total. The summed E-state index contributed by atoms with van der Waals surface area (Å²) in [5.41, 5.74) is 0.739. The number of aliphatic hydroxyl groups is 1. The summed E-state index contributed by atoms with van der Waals surface area (Å²) >= 11 is 0. The molecule has 1 aromatic carbocycles. The number of hydrogen-bond acceptors (Lipinski definition) is 5. The minimum atomic E-state index is -0.628. The third-order valence-corrected chi connectivity index (χ3v) is 3.29. The second kappa shape index (κ2) is 8.79. The van der Waals surface area contributed by atoms with E-state index in [9.17, 15) is 5.11 Å². The van der Waals surface area contributed by atoms with Gasteiger partial charge in [0.05, 0.1) is 26.9 Å². The average molecular weight is 283 g/mol. The van der Waals surface area contributed by atoms with Gasteiger partial charge in [-0.15, -0.1) is 0 Å². The fourth-order valence-corrected chi connectivity index (χ4v) is 2.04. The molecule has 0 aliphatic rings. The Bertz CT molecular complexity index is 397. The Morgan fingerprint density at radius 2 is 1.95 bits per heavy atom. The molecule has 0 heterocycles. The van der Waals surface area contributed by atoms with E-state index in [1.165, 1.54) is 0 Å². The molecule has 1 aromatic rings. The van der Waals surface area contributed by atoms with Gasteiger partial charge in [-0.1, -0.05) is 6.92 Å². The Balaban J connectivity index is 2.81. The predicted octanol–water partition coefficient (Wildman–Crippen LogP) is 1.71. The standard InChI is InChI=1S/C15H25NO4/c1-5-16(8-9-18-2)11-14(17)13-10-12(19-3)6-7-15(13)20-4/h6-7,10,14,17H,5,8-9,11H2,1-4H3. The van der Waals surface area contributed by atoms with Crippen LogP contribution in [0.25, 0.3) is 0 Å². The highest BCUT2D eigenvalue weighted by molar-refractivity contribution is 5.41. The number of ether oxygens (including phenoxy) is 3. The lowest BCUT2D eigenvalue weighted by Gasteiger charge is -2.24. The summed E-state index contributed by atoms with van der Waals surface area (Å²) in [5, 5.41) is 10.4. The molecule has 0 spiro atoms. The third-order valence-electron chi connectivity index (χ3n) is 3.29. The molecule has 0 amide bonds. The molecule has 0 aliphatic carbocycles. The van der Waals surface area contributed by atoms with Gasteiger partial charge < -0.3 is 19.3 Å². The first-order valence-electron chi connectivity index (χ1n) is 6.77. The van der Waals surface area contributed by atoms with Crippen molar-refractivity contribution in [3.63, 3.8) is 0 Å². The van der Waals surface area contributed by atoms with E-state index < -0.39 is 6.10 Å². The summed E-state index contributed by atoms with van der Waals surface area (Å²) < 4.78 is 15.6. The Morgan fingerprint density at radius 3 is 2.50 bits per heavy atom. The topological polar surface area (TPSA) is 51.2 Å². The zero-order valence-electron chi connectivity index (χ0n) is 12.8. The Labute approximate surface area is 121 Å². The quantitative estimate of drug-likeness (QED) is 0.747. The molecule has 1 atom stereocenters. The van der Waals surface area contributed by atoms with Crippen LogP contribution in [0.1, 0.15) is 18.6 Å². The van der Waals surface area contributed by atoms with Crippen LogP contribution in [0.2, 0.25) is 0 Å². The number of aliphatic hydroxyl groups excluding tert-OH is 1. The average Bonchev–Trinajstić information content (AvgIpc) is 2.50. The van der Waals surface area contributed by atoms with Crippen molar-refractivity contribution >= 4 is 0 Å². The van der Waals surface area contributed by atoms with Crippen LogP contribution in [0.4, 0.5) is 0 Å². The zero-order chi connectivity index (χ0) is 15.0. The minimum Gasteiger partial charge on any atom is -0.497 e. The molecule has 0 radical (unpaired) electrons. The number of hydrogen-bond donors (Lipinski definition) is 1. The van der Waals surface area contributed by atoms with E-state index in [4.69, 9.17) is 14.2 Å². The van der Waals surface area contributed by atoms with E-state index in [1.54, 1.807) is 21.3 Å². The third kappa shape index (κ3) is 4.67. The molecule has 0 aromatic heterocycles. The van der Waals surface area contributed by atoms with Crippen LogP contribution in [0.3, 0.4) is 0 Å². The number of nitrogens with zero attached hydrogens (tertiary/aromatic N) is 1. The van der Waals surface area contributed by atoms with E-state index in [2.05, 4.69) is 11.8 Å². The molecule has 0 aliphatic heterocycles. The zero-order valence-corrected chi connectivity index (χ0v) is 12.8. The molecule has 114 valence electrons. The van der Waals surface area contributed by atoms with E-state index in [0.29, 0.717) is 24.7 Å². The summed E-state index contributed by atoms with van der Waals surface area (Å²) in [4.78, 5) is 2.13. The highest BCUT2D eigenvalue weighted by atomic mass is 16.5. The van der Waals surface area contributed by atoms with Crippen LogP contribution in [0.15, 0.2) is 18.2 Å². The molecule has 5 heteroatoms. The van der Waals surface area contributed by atoms with Crippen molar-refractivity contribution in [1.29, 1.82) is 0 Å². The number of benzene rings is 1. The van der Waals surface area contributed by atoms with Crippen LogP contribution in [-0.4, -0.2) is 57.6 Å². The summed E-state index contributed by atoms with van der Waals surface area (Å²) in [5.74, 6) is 1.38. The van der Waals surface area contributed by atoms with Crippen LogP contribution in [0.5, 0.6) is 11.5 Å². The molecule has 20 heavy (non-hydrogen) atoms. The highest BCUT2D eigenvalue weighted by Gasteiger charge is 2.17. The lowest BCUT2D eigenvalue weighted by molar-refractivity contribution is 0.0904. The van der Waals surface area contributed by atoms with Crippen molar-refractivity contribution < 1.29 is 19.3 Å². The van der Waals surface area contributed by atoms with Gasteiger partial charge in [0, 0.05) is 25.8 Å². The Morgan fingerprint density at radius 1 is 1.20 bits per heavy atom. The van der Waals surface area contributed by atoms with Crippen LogP contribution >= 0.6 is 0 Å². The largest absolute Gasteiger partial charge is 0.497 e. The second-order valence-corrected chi connectivity index (χ2v) is 4.51. The van der Waals surface area contributed by atoms with Crippen molar-refractivity contribution in [2.24, 2.45) is 0 Å². The van der Waals surface area contributed by atoms with E-state index in [0.717, 1.165) is 18.7 Å². The molecule has 1 N–H and O–H groups in total. The molecule has 0 bridgehead atoms. The van der Waals surface area contributed by atoms with Crippen molar-refractivity contribution in [1.82, 2.24) is 4.90 Å². The number of methoxy groups -OCH3 is 3. The molecule has 0 saturated heterocycles. The maximum absolute atomic E-state index is 10.4. The smallest absolute Gasteiger partial charge is 0.124 e. The van der Waals surface area contributed by atoms with Gasteiger partial charge >= 0.3 is 0 Å². The summed E-state index contributed by atoms with van der Waals surface area (Å²) in [6.45, 7) is 4.88. The van der Waals surface area contributed by atoms with E-state index in [-0.39, 0.29) is 0 Å². The molecule has 0 fully saturated rings. The number of rotatable bonds is 9. The predicted molar refractivity (Wildman–Crippen MR) is 78.5 cm³/mol. The van der Waals surface area contributed by atoms with Gasteiger partial charge in [-0.25, -0.2) is 0 Å². The lowest BCUT2D eigenvalue weighted by Crippen LogP contribution is -2.31. The molecular formula is C15H25NO4. The van der Waals surface area contributed by atoms with Crippen molar-refractivity contribution in [3.8, 4) is 11.5 Å². The summed E-state index contributed by atoms with van der Waals surface area (Å²) in [7, 11) is 4.88. The summed E-state index contributed by atoms with van der Waals surface area (Å²) in [6, 6.07) is 5.44. The maximum atomic E-state index is 10.4. The van der Waals surface area contributed by atoms with Gasteiger partial charge in [0.25, 0.3) is 0 Å². The first kappa shape index (κ1) is 16.8. The first-order chi connectivity index (χ1) is 9.65. The lowest BCUT2D eigenvalue weighted by atomic mass is 10.1. The molecular weight excluding hydrogens is 258 g/mol. The van der Waals surface area contributed by atoms with Crippen LogP contribution in [-0.2, 0) is 4.74 Å². The maximum Gasteiger partial charge on any atom is 0.124 e. The first-order valence-corrected chi connectivity index (χ1v) is 6.77. The van der Waals surface area contributed by atoms with Gasteiger partial charge in [-0.05, 0) is 24.7 Å². The van der Waals surface area contributed by atoms with Crippen LogP contribution in [0, 0.1) is 0 Å². The van der Waals surface area contributed by atoms with Crippen LogP contribution < -0.4 is 9.47 Å². The fourth-order valence-electron chi connectivity index (χ4n) is 2.04. The summed E-state index contributed by atoms with van der Waals surface area (Å²) in [6.07, 6.45) is -0.628. The highest BCUT2D eigenvalue weighted by Crippen LogP contribution is 2.29. The van der Waals surface area contributed by atoms with Gasteiger partial charge in [0.15, 0.2) is 0 Å². The minimum absolute atomic E-state index is 0.531. The van der Waals surface area contributed by atoms with Crippen molar-refractivity contribution in [3.05, 3.63) is 23.8 Å². The molecule has 1 rings (SSSR count). The molecule has 0 saturated carbocycles. The Kier molecular flexibility index (Phi) is 7.36. The van der Waals surface area contributed by atoms with Gasteiger partial charge in [-0.3, -0.25) is 4.90 Å². The van der Waals surface area contributed by atoms with Gasteiger partial charge in [-0.2, -0.15) is 0 Å². The Hall–Kier alpha value is -1.30. The molecule has 1 unspecified atom stereocenters. The van der Waals surface area contributed by atoms with Gasteiger partial charge in [0.1, 0.15) is 11.5 Å².